The summed E-state index contributed by atoms with van der Waals surface area (Å²) in [6.45, 7) is 4.49. The summed E-state index contributed by atoms with van der Waals surface area (Å²) in [7, 11) is 1.36. The van der Waals surface area contributed by atoms with Crippen LogP contribution in [0.4, 0.5) is 11.4 Å². The van der Waals surface area contributed by atoms with E-state index in [9.17, 15) is 9.90 Å². The van der Waals surface area contributed by atoms with Gasteiger partial charge in [0.05, 0.1) is 18.4 Å². The first-order valence-corrected chi connectivity index (χ1v) is 11.4. The number of hydrogen-bond donors (Lipinski definition) is 2. The van der Waals surface area contributed by atoms with Crippen LogP contribution >= 0.6 is 0 Å². The number of esters is 1. The first-order chi connectivity index (χ1) is 16.1. The number of phenols is 1. The molecule has 1 atom stereocenters. The van der Waals surface area contributed by atoms with E-state index in [-0.39, 0.29) is 11.8 Å². The lowest BCUT2D eigenvalue weighted by molar-refractivity contribution is 0.0601. The number of para-hydroxylation sites is 1. The standard InChI is InChI=1S/C27H31N3O3/c1-33-27(32)25-13-12-24(31)19-26(25)28-20-23(18-21-8-4-2-5-9-21)30-16-14-29(15-17-30)22-10-6-3-7-11-22/h2-13,19,23,28,31H,14-18,20H2,1H3. The van der Waals surface area contributed by atoms with E-state index in [2.05, 4.69) is 63.6 Å². The molecule has 4 rings (SSSR count). The minimum atomic E-state index is -0.423. The second-order valence-electron chi connectivity index (χ2n) is 8.30. The fourth-order valence-electron chi connectivity index (χ4n) is 4.39. The normalized spacial score (nSPS) is 15.1. The Morgan fingerprint density at radius 2 is 1.64 bits per heavy atom. The molecule has 1 aliphatic rings. The number of aromatic hydroxyl groups is 1. The number of carbonyl (C=O) groups excluding carboxylic acids is 1. The first kappa shape index (κ1) is 22.7. The van der Waals surface area contributed by atoms with Crippen LogP contribution in [0.25, 0.3) is 0 Å². The largest absolute Gasteiger partial charge is 0.508 e. The third-order valence-electron chi connectivity index (χ3n) is 6.20. The van der Waals surface area contributed by atoms with E-state index in [1.165, 1.54) is 24.4 Å². The summed E-state index contributed by atoms with van der Waals surface area (Å²) in [5.74, 6) is -0.310. The molecule has 1 aliphatic heterocycles. The lowest BCUT2D eigenvalue weighted by Crippen LogP contribution is -2.53. The Morgan fingerprint density at radius 1 is 0.970 bits per heavy atom. The first-order valence-electron chi connectivity index (χ1n) is 11.4. The smallest absolute Gasteiger partial charge is 0.339 e. The maximum absolute atomic E-state index is 12.2. The van der Waals surface area contributed by atoms with Crippen molar-refractivity contribution in [3.05, 3.63) is 90.0 Å². The molecular weight excluding hydrogens is 414 g/mol. The van der Waals surface area contributed by atoms with Crippen molar-refractivity contribution in [2.24, 2.45) is 0 Å². The number of nitrogens with zero attached hydrogens (tertiary/aromatic N) is 2. The number of anilines is 2. The summed E-state index contributed by atoms with van der Waals surface area (Å²) in [5, 5.41) is 13.4. The number of phenolic OH excluding ortho intramolecular Hbond substituents is 1. The van der Waals surface area contributed by atoms with Gasteiger partial charge in [-0.15, -0.1) is 0 Å². The van der Waals surface area contributed by atoms with Crippen molar-refractivity contribution in [2.45, 2.75) is 12.5 Å². The van der Waals surface area contributed by atoms with E-state index in [1.54, 1.807) is 12.1 Å². The number of hydrogen-bond acceptors (Lipinski definition) is 6. The second-order valence-corrected chi connectivity index (χ2v) is 8.30. The Labute approximate surface area is 195 Å². The maximum atomic E-state index is 12.2. The number of piperazine rings is 1. The topological polar surface area (TPSA) is 65.0 Å². The van der Waals surface area contributed by atoms with Gasteiger partial charge in [-0.1, -0.05) is 48.5 Å². The van der Waals surface area contributed by atoms with Gasteiger partial charge in [0.25, 0.3) is 0 Å². The van der Waals surface area contributed by atoms with Crippen molar-refractivity contribution in [1.82, 2.24) is 4.90 Å². The average Bonchev–Trinajstić information content (AvgIpc) is 2.87. The van der Waals surface area contributed by atoms with Crippen LogP contribution in [-0.4, -0.2) is 61.9 Å². The van der Waals surface area contributed by atoms with Crippen LogP contribution in [0.15, 0.2) is 78.9 Å². The number of carbonyl (C=O) groups is 1. The Morgan fingerprint density at radius 3 is 2.30 bits per heavy atom. The summed E-state index contributed by atoms with van der Waals surface area (Å²) in [5.41, 5.74) is 3.54. The predicted molar refractivity (Wildman–Crippen MR) is 132 cm³/mol. The van der Waals surface area contributed by atoms with Crippen LogP contribution in [0.3, 0.4) is 0 Å². The van der Waals surface area contributed by atoms with E-state index in [0.717, 1.165) is 32.6 Å². The Hall–Kier alpha value is -3.51. The molecule has 1 heterocycles. The zero-order chi connectivity index (χ0) is 23.0. The van der Waals surface area contributed by atoms with Crippen LogP contribution in [0, 0.1) is 0 Å². The monoisotopic (exact) mass is 445 g/mol. The van der Waals surface area contributed by atoms with Crippen LogP contribution in [0.2, 0.25) is 0 Å². The fourth-order valence-corrected chi connectivity index (χ4v) is 4.39. The lowest BCUT2D eigenvalue weighted by Gasteiger charge is -2.40. The average molecular weight is 446 g/mol. The van der Waals surface area contributed by atoms with E-state index < -0.39 is 5.97 Å². The zero-order valence-electron chi connectivity index (χ0n) is 19.0. The summed E-state index contributed by atoms with van der Waals surface area (Å²) < 4.78 is 4.91. The lowest BCUT2D eigenvalue weighted by atomic mass is 10.0. The van der Waals surface area contributed by atoms with Crippen molar-refractivity contribution in [3.63, 3.8) is 0 Å². The van der Waals surface area contributed by atoms with Gasteiger partial charge in [0, 0.05) is 50.5 Å². The molecular formula is C27H31N3O3. The number of methoxy groups -OCH3 is 1. The van der Waals surface area contributed by atoms with E-state index in [0.29, 0.717) is 17.8 Å². The molecule has 0 radical (unpaired) electrons. The van der Waals surface area contributed by atoms with Gasteiger partial charge >= 0.3 is 5.97 Å². The van der Waals surface area contributed by atoms with E-state index in [4.69, 9.17) is 4.74 Å². The summed E-state index contributed by atoms with van der Waals surface area (Å²) >= 11 is 0. The van der Waals surface area contributed by atoms with Crippen molar-refractivity contribution < 1.29 is 14.6 Å². The van der Waals surface area contributed by atoms with Gasteiger partial charge in [0.2, 0.25) is 0 Å². The molecule has 0 aliphatic carbocycles. The molecule has 0 amide bonds. The molecule has 172 valence electrons. The summed E-state index contributed by atoms with van der Waals surface area (Å²) in [6.07, 6.45) is 0.894. The molecule has 0 aromatic heterocycles. The third kappa shape index (κ3) is 5.84. The highest BCUT2D eigenvalue weighted by molar-refractivity contribution is 5.95. The highest BCUT2D eigenvalue weighted by atomic mass is 16.5. The van der Waals surface area contributed by atoms with Gasteiger partial charge in [-0.25, -0.2) is 4.79 Å². The van der Waals surface area contributed by atoms with Crippen LogP contribution < -0.4 is 10.2 Å². The third-order valence-corrected chi connectivity index (χ3v) is 6.20. The molecule has 3 aromatic rings. The molecule has 1 saturated heterocycles. The van der Waals surface area contributed by atoms with E-state index in [1.807, 2.05) is 12.1 Å². The van der Waals surface area contributed by atoms with Gasteiger partial charge in [0.1, 0.15) is 5.75 Å². The maximum Gasteiger partial charge on any atom is 0.339 e. The van der Waals surface area contributed by atoms with Gasteiger partial charge in [-0.05, 0) is 36.2 Å². The SMILES string of the molecule is COC(=O)c1ccc(O)cc1NCC(Cc1ccccc1)N1CCN(c2ccccc2)CC1. The zero-order valence-corrected chi connectivity index (χ0v) is 19.0. The molecule has 33 heavy (non-hydrogen) atoms. The highest BCUT2D eigenvalue weighted by Gasteiger charge is 2.25. The molecule has 6 nitrogen and oxygen atoms in total. The molecule has 0 spiro atoms. The molecule has 1 fully saturated rings. The van der Waals surface area contributed by atoms with Crippen LogP contribution in [0.1, 0.15) is 15.9 Å². The van der Waals surface area contributed by atoms with Crippen molar-refractivity contribution >= 4 is 17.3 Å². The molecule has 0 saturated carbocycles. The molecule has 6 heteroatoms. The molecule has 3 aromatic carbocycles. The van der Waals surface area contributed by atoms with Gasteiger partial charge in [-0.2, -0.15) is 0 Å². The van der Waals surface area contributed by atoms with Crippen LogP contribution in [-0.2, 0) is 11.2 Å². The molecule has 2 N–H and O–H groups in total. The van der Waals surface area contributed by atoms with Crippen molar-refractivity contribution in [1.29, 1.82) is 0 Å². The Bertz CT molecular complexity index is 1030. The number of ether oxygens (including phenoxy) is 1. The number of benzene rings is 3. The van der Waals surface area contributed by atoms with Crippen LogP contribution in [0.5, 0.6) is 5.75 Å². The number of nitrogens with one attached hydrogen (secondary N) is 1. The highest BCUT2D eigenvalue weighted by Crippen LogP contribution is 2.24. The minimum absolute atomic E-state index is 0.112. The summed E-state index contributed by atoms with van der Waals surface area (Å²) in [4.78, 5) is 17.1. The Balaban J connectivity index is 1.48. The molecule has 0 bridgehead atoms. The van der Waals surface area contributed by atoms with Crippen molar-refractivity contribution in [3.8, 4) is 5.75 Å². The van der Waals surface area contributed by atoms with Gasteiger partial charge in [-0.3, -0.25) is 4.90 Å². The van der Waals surface area contributed by atoms with Crippen molar-refractivity contribution in [2.75, 3.05) is 50.1 Å². The quantitative estimate of drug-likeness (QED) is 0.511. The van der Waals surface area contributed by atoms with Gasteiger partial charge in [0.15, 0.2) is 0 Å². The summed E-state index contributed by atoms with van der Waals surface area (Å²) in [6, 6.07) is 25.9. The van der Waals surface area contributed by atoms with Gasteiger partial charge < -0.3 is 20.1 Å². The number of rotatable bonds is 8. The Kier molecular flexibility index (Phi) is 7.47. The minimum Gasteiger partial charge on any atom is -0.508 e. The van der Waals surface area contributed by atoms with E-state index >= 15 is 0 Å². The predicted octanol–water partition coefficient (Wildman–Crippen LogP) is 4.02. The fraction of sp³-hybridized carbons (Fsp3) is 0.296. The second kappa shape index (κ2) is 10.9. The molecule has 1 unspecified atom stereocenters.